The van der Waals surface area contributed by atoms with Gasteiger partial charge in [-0.2, -0.15) is 0 Å². The first-order valence-corrected chi connectivity index (χ1v) is 10.9. The highest BCUT2D eigenvalue weighted by Gasteiger charge is 2.56. The number of hydrogen-bond donors (Lipinski definition) is 2. The maximum absolute atomic E-state index is 10.9. The fraction of sp³-hybridized carbons (Fsp3) is 0.524. The lowest BCUT2D eigenvalue weighted by Gasteiger charge is -2.60. The van der Waals surface area contributed by atoms with Crippen molar-refractivity contribution in [2.24, 2.45) is 11.8 Å². The average molecular weight is 484 g/mol. The fourth-order valence-electron chi connectivity index (χ4n) is 6.00. The molecule has 138 valence electrons. The number of furan rings is 1. The van der Waals surface area contributed by atoms with Crippen LogP contribution in [0.5, 0.6) is 0 Å². The van der Waals surface area contributed by atoms with Crippen molar-refractivity contribution in [3.8, 4) is 11.3 Å². The molecule has 5 heteroatoms. The Morgan fingerprint density at radius 3 is 2.62 bits per heavy atom. The van der Waals surface area contributed by atoms with E-state index in [0.29, 0.717) is 23.4 Å². The molecule has 26 heavy (non-hydrogen) atoms. The Hall–Kier alpha value is -0.560. The molecule has 0 spiro atoms. The Balaban J connectivity index is 1.32. The Morgan fingerprint density at radius 1 is 1.15 bits per heavy atom. The molecular weight excluding hydrogens is 461 g/mol. The molecule has 1 aromatic heterocycles. The molecule has 0 radical (unpaired) electrons. The van der Waals surface area contributed by atoms with E-state index in [4.69, 9.17) is 16.0 Å². The third kappa shape index (κ3) is 3.13. The summed E-state index contributed by atoms with van der Waals surface area (Å²) in [5, 5.41) is 15.4. The van der Waals surface area contributed by atoms with Crippen LogP contribution in [0.3, 0.4) is 0 Å². The summed E-state index contributed by atoms with van der Waals surface area (Å²) in [5.41, 5.74) is 0.592. The van der Waals surface area contributed by atoms with Crippen LogP contribution in [0.25, 0.3) is 11.3 Å². The van der Waals surface area contributed by atoms with Gasteiger partial charge in [0.2, 0.25) is 0 Å². The zero-order valence-corrected chi connectivity index (χ0v) is 17.5. The third-order valence-electron chi connectivity index (χ3n) is 6.53. The van der Waals surface area contributed by atoms with Gasteiger partial charge in [-0.3, -0.25) is 0 Å². The summed E-state index contributed by atoms with van der Waals surface area (Å²) in [6.07, 6.45) is 6.60. The van der Waals surface area contributed by atoms with Gasteiger partial charge in [0.05, 0.1) is 17.2 Å². The SMILES string of the molecule is OC12CC3CC(C1)CC(NCc1ccc(-c4ccc(I)cc4Cl)o1)(C3)C2. The predicted octanol–water partition coefficient (Wildman–Crippen LogP) is 5.38. The highest BCUT2D eigenvalue weighted by Crippen LogP contribution is 2.57. The molecule has 4 aliphatic rings. The van der Waals surface area contributed by atoms with E-state index in [9.17, 15) is 5.11 Å². The van der Waals surface area contributed by atoms with Crippen molar-refractivity contribution in [1.29, 1.82) is 0 Å². The fourth-order valence-corrected chi connectivity index (χ4v) is 6.95. The van der Waals surface area contributed by atoms with Crippen LogP contribution in [0.15, 0.2) is 34.7 Å². The van der Waals surface area contributed by atoms with Crippen molar-refractivity contribution in [1.82, 2.24) is 5.32 Å². The van der Waals surface area contributed by atoms with E-state index in [0.717, 1.165) is 39.9 Å². The lowest BCUT2D eigenvalue weighted by molar-refractivity contribution is -0.143. The maximum Gasteiger partial charge on any atom is 0.135 e. The molecule has 4 saturated carbocycles. The van der Waals surface area contributed by atoms with Gasteiger partial charge >= 0.3 is 0 Å². The second kappa shape index (κ2) is 6.23. The zero-order chi connectivity index (χ0) is 17.9. The Bertz CT molecular complexity index is 834. The summed E-state index contributed by atoms with van der Waals surface area (Å²) in [4.78, 5) is 0. The molecule has 0 saturated heterocycles. The summed E-state index contributed by atoms with van der Waals surface area (Å²) in [7, 11) is 0. The first-order chi connectivity index (χ1) is 12.4. The lowest BCUT2D eigenvalue weighted by Crippen LogP contribution is -2.64. The van der Waals surface area contributed by atoms with Crippen LogP contribution in [-0.2, 0) is 6.54 Å². The predicted molar refractivity (Wildman–Crippen MR) is 111 cm³/mol. The molecule has 2 atom stereocenters. The van der Waals surface area contributed by atoms with Crippen LogP contribution in [0.2, 0.25) is 5.02 Å². The van der Waals surface area contributed by atoms with Gasteiger partial charge in [0.25, 0.3) is 0 Å². The van der Waals surface area contributed by atoms with Crippen molar-refractivity contribution < 1.29 is 9.52 Å². The first kappa shape index (κ1) is 17.5. The van der Waals surface area contributed by atoms with Crippen molar-refractivity contribution in [3.05, 3.63) is 44.7 Å². The first-order valence-electron chi connectivity index (χ1n) is 9.44. The third-order valence-corrected chi connectivity index (χ3v) is 7.51. The highest BCUT2D eigenvalue weighted by molar-refractivity contribution is 14.1. The number of hydrogen-bond acceptors (Lipinski definition) is 3. The summed E-state index contributed by atoms with van der Waals surface area (Å²) in [6, 6.07) is 10.0. The van der Waals surface area contributed by atoms with Gasteiger partial charge in [-0.1, -0.05) is 11.6 Å². The molecule has 2 unspecified atom stereocenters. The van der Waals surface area contributed by atoms with Crippen molar-refractivity contribution in [2.75, 3.05) is 0 Å². The molecule has 0 amide bonds. The smallest absolute Gasteiger partial charge is 0.135 e. The van der Waals surface area contributed by atoms with Gasteiger partial charge in [-0.25, -0.2) is 0 Å². The van der Waals surface area contributed by atoms with E-state index in [2.05, 4.69) is 27.9 Å². The molecule has 1 heterocycles. The quantitative estimate of drug-likeness (QED) is 0.574. The molecule has 4 bridgehead atoms. The lowest BCUT2D eigenvalue weighted by atomic mass is 9.51. The summed E-state index contributed by atoms with van der Waals surface area (Å²) in [5.74, 6) is 3.11. The Kier molecular flexibility index (Phi) is 4.20. The maximum atomic E-state index is 10.9. The second-order valence-electron chi connectivity index (χ2n) is 8.71. The zero-order valence-electron chi connectivity index (χ0n) is 14.6. The minimum absolute atomic E-state index is 0.0896. The summed E-state index contributed by atoms with van der Waals surface area (Å²) in [6.45, 7) is 0.706. The highest BCUT2D eigenvalue weighted by atomic mass is 127. The standard InChI is InChI=1S/C21H23ClINO2/c22-18-6-15(23)1-3-17(18)19-4-2-16(26-19)11-24-20-7-13-5-14(8-20)10-21(25,9-13)12-20/h1-4,6,13-14,24-25H,5,7-12H2. The molecule has 3 nitrogen and oxygen atoms in total. The van der Waals surface area contributed by atoms with E-state index in [1.54, 1.807) is 0 Å². The van der Waals surface area contributed by atoms with Gasteiger partial charge in [0, 0.05) is 14.7 Å². The van der Waals surface area contributed by atoms with E-state index in [1.807, 2.05) is 30.3 Å². The molecular formula is C21H23ClINO2. The topological polar surface area (TPSA) is 45.4 Å². The molecule has 2 aromatic rings. The monoisotopic (exact) mass is 483 g/mol. The molecule has 1 aromatic carbocycles. The van der Waals surface area contributed by atoms with Crippen molar-refractivity contribution >= 4 is 34.2 Å². The second-order valence-corrected chi connectivity index (χ2v) is 10.4. The number of benzene rings is 1. The Labute approximate surface area is 172 Å². The normalized spacial score (nSPS) is 35.2. The van der Waals surface area contributed by atoms with Crippen molar-refractivity contribution in [2.45, 2.75) is 56.2 Å². The van der Waals surface area contributed by atoms with Crippen molar-refractivity contribution in [3.63, 3.8) is 0 Å². The van der Waals surface area contributed by atoms with Gasteiger partial charge in [-0.05, 0) is 103 Å². The number of rotatable bonds is 4. The van der Waals surface area contributed by atoms with Gasteiger partial charge in [0.1, 0.15) is 11.5 Å². The minimum atomic E-state index is -0.430. The molecule has 2 N–H and O–H groups in total. The largest absolute Gasteiger partial charge is 0.460 e. The number of aliphatic hydroxyl groups is 1. The van der Waals surface area contributed by atoms with Gasteiger partial charge in [-0.15, -0.1) is 0 Å². The molecule has 4 fully saturated rings. The molecule has 4 aliphatic carbocycles. The average Bonchev–Trinajstić information content (AvgIpc) is 2.99. The van der Waals surface area contributed by atoms with E-state index < -0.39 is 5.60 Å². The van der Waals surface area contributed by atoms with E-state index >= 15 is 0 Å². The van der Waals surface area contributed by atoms with E-state index in [1.165, 1.54) is 19.3 Å². The number of halogens is 2. The number of nitrogens with one attached hydrogen (secondary N) is 1. The van der Waals surface area contributed by atoms with Crippen LogP contribution in [-0.4, -0.2) is 16.2 Å². The summed E-state index contributed by atoms with van der Waals surface area (Å²) >= 11 is 8.63. The Morgan fingerprint density at radius 2 is 1.92 bits per heavy atom. The van der Waals surface area contributed by atoms with Crippen LogP contribution >= 0.6 is 34.2 Å². The van der Waals surface area contributed by atoms with Gasteiger partial charge < -0.3 is 14.8 Å². The minimum Gasteiger partial charge on any atom is -0.460 e. The molecule has 0 aliphatic heterocycles. The van der Waals surface area contributed by atoms with Crippen LogP contribution in [0.1, 0.15) is 44.3 Å². The van der Waals surface area contributed by atoms with Gasteiger partial charge in [0.15, 0.2) is 0 Å². The van der Waals surface area contributed by atoms with Crippen LogP contribution < -0.4 is 5.32 Å². The van der Waals surface area contributed by atoms with Crippen LogP contribution in [0, 0.1) is 15.4 Å². The van der Waals surface area contributed by atoms with E-state index in [-0.39, 0.29) is 5.54 Å². The summed E-state index contributed by atoms with van der Waals surface area (Å²) < 4.78 is 7.18. The van der Waals surface area contributed by atoms with Crippen LogP contribution in [0.4, 0.5) is 0 Å². The molecule has 6 rings (SSSR count).